The quantitative estimate of drug-likeness (QED) is 0.526. The van der Waals surface area contributed by atoms with Crippen molar-refractivity contribution in [3.8, 4) is 18.2 Å². The zero-order chi connectivity index (χ0) is 21.9. The Labute approximate surface area is 194 Å². The Morgan fingerprint density at radius 2 is 1.83 bits per heavy atom. The maximum Gasteiger partial charge on any atom is 0.245 e. The van der Waals surface area contributed by atoms with Gasteiger partial charge in [-0.1, -0.05) is 30.1 Å². The highest BCUT2D eigenvalue weighted by Crippen LogP contribution is 2.69. The van der Waals surface area contributed by atoms with Crippen molar-refractivity contribution in [3.63, 3.8) is 0 Å². The third-order valence-corrected chi connectivity index (χ3v) is 8.04. The molecule has 0 radical (unpaired) electrons. The second-order valence-corrected chi connectivity index (χ2v) is 10.4. The van der Waals surface area contributed by atoms with Crippen LogP contribution in [0.25, 0.3) is 0 Å². The molecule has 6 nitrogen and oxygen atoms in total. The number of thiophene rings is 1. The van der Waals surface area contributed by atoms with Crippen LogP contribution in [0.15, 0.2) is 34.1 Å². The monoisotopic (exact) mass is 520 g/mol. The van der Waals surface area contributed by atoms with E-state index in [9.17, 15) is 15.8 Å². The zero-order valence-electron chi connectivity index (χ0n) is 15.2. The van der Waals surface area contributed by atoms with Crippen LogP contribution in [-0.4, -0.2) is 5.90 Å². The van der Waals surface area contributed by atoms with Crippen molar-refractivity contribution >= 4 is 56.4 Å². The summed E-state index contributed by atoms with van der Waals surface area (Å²) < 4.78 is 13.0. The predicted molar refractivity (Wildman–Crippen MR) is 114 cm³/mol. The average Bonchev–Trinajstić information content (AvgIpc) is 3.20. The van der Waals surface area contributed by atoms with E-state index >= 15 is 0 Å². The molecule has 2 fully saturated rings. The van der Waals surface area contributed by atoms with E-state index in [-0.39, 0.29) is 5.02 Å². The van der Waals surface area contributed by atoms with Gasteiger partial charge in [0.1, 0.15) is 6.10 Å². The van der Waals surface area contributed by atoms with E-state index in [4.69, 9.17) is 38.1 Å². The van der Waals surface area contributed by atoms with Crippen LogP contribution in [-0.2, 0) is 15.3 Å². The van der Waals surface area contributed by atoms with Crippen molar-refractivity contribution in [2.75, 3.05) is 0 Å². The van der Waals surface area contributed by atoms with E-state index < -0.39 is 34.5 Å². The molecule has 1 aromatic heterocycles. The normalized spacial score (nSPS) is 31.3. The lowest BCUT2D eigenvalue weighted by Crippen LogP contribution is -2.57. The summed E-state index contributed by atoms with van der Waals surface area (Å²) in [5.41, 5.74) is -3.52. The Morgan fingerprint density at radius 3 is 2.37 bits per heavy atom. The summed E-state index contributed by atoms with van der Waals surface area (Å²) >= 11 is 17.1. The van der Waals surface area contributed by atoms with Gasteiger partial charge in [-0.05, 0) is 46.3 Å². The first kappa shape index (κ1) is 21.1. The number of nitriles is 3. The Morgan fingerprint density at radius 1 is 1.13 bits per heavy atom. The molecule has 0 amide bonds. The fourth-order valence-corrected chi connectivity index (χ4v) is 6.40. The molecule has 10 heteroatoms. The smallest absolute Gasteiger partial charge is 0.245 e. The van der Waals surface area contributed by atoms with Crippen molar-refractivity contribution in [2.45, 2.75) is 18.8 Å². The van der Waals surface area contributed by atoms with Crippen molar-refractivity contribution in [1.29, 1.82) is 21.2 Å². The summed E-state index contributed by atoms with van der Waals surface area (Å²) in [6.07, 6.45) is -1.16. The van der Waals surface area contributed by atoms with E-state index in [0.717, 1.165) is 3.79 Å². The third-order valence-electron chi connectivity index (χ3n) is 5.83. The first-order valence-electron chi connectivity index (χ1n) is 8.62. The fourth-order valence-electron chi connectivity index (χ4n) is 4.34. The van der Waals surface area contributed by atoms with Gasteiger partial charge in [-0.3, -0.25) is 5.41 Å². The Hall–Kier alpha value is -2.12. The highest BCUT2D eigenvalue weighted by Gasteiger charge is 2.80. The molecule has 0 aliphatic carbocycles. The van der Waals surface area contributed by atoms with Crippen LogP contribution in [0.2, 0.25) is 10.0 Å². The summed E-state index contributed by atoms with van der Waals surface area (Å²) in [5.74, 6) is -3.03. The molecule has 4 rings (SSSR count). The van der Waals surface area contributed by atoms with E-state index in [1.165, 1.54) is 17.4 Å². The first-order chi connectivity index (χ1) is 14.2. The number of ether oxygens (including phenoxy) is 2. The van der Waals surface area contributed by atoms with Gasteiger partial charge in [-0.15, -0.1) is 11.3 Å². The van der Waals surface area contributed by atoms with Crippen LogP contribution in [0.3, 0.4) is 0 Å². The summed E-state index contributed by atoms with van der Waals surface area (Å²) in [4.78, 5) is 0.546. The minimum absolute atomic E-state index is 0.225. The molecule has 2 saturated heterocycles. The van der Waals surface area contributed by atoms with Crippen molar-refractivity contribution < 1.29 is 9.47 Å². The number of rotatable bonds is 2. The second-order valence-electron chi connectivity index (χ2n) is 7.04. The topological polar surface area (TPSA) is 114 Å². The summed E-state index contributed by atoms with van der Waals surface area (Å²) in [5, 5.41) is 39.8. The number of benzene rings is 1. The minimum atomic E-state index is -2.01. The molecular formula is C20H11BrCl2N4O2S. The van der Waals surface area contributed by atoms with Gasteiger partial charge >= 0.3 is 0 Å². The molecule has 30 heavy (non-hydrogen) atoms. The molecule has 2 bridgehead atoms. The highest BCUT2D eigenvalue weighted by molar-refractivity contribution is 9.11. The maximum atomic E-state index is 10.3. The molecule has 2 aliphatic heterocycles. The van der Waals surface area contributed by atoms with E-state index in [1.807, 2.05) is 12.1 Å². The molecular weight excluding hydrogens is 511 g/mol. The molecule has 4 atom stereocenters. The Balaban J connectivity index is 2.06. The standard InChI is InChI=1S/C20H11BrCl2N4O2S/c1-10-19(9-26)17(27)29-20(10,12-3-2-11(22)6-13(12)23)28-16(18(19,7-24)8-25)14-4-5-15(21)30-14/h2-6,10,16,27H,1H3. The number of halogens is 3. The van der Waals surface area contributed by atoms with Gasteiger partial charge in [-0.25, -0.2) is 0 Å². The number of hydrogen-bond donors (Lipinski definition) is 1. The van der Waals surface area contributed by atoms with Crippen LogP contribution in [0.4, 0.5) is 0 Å². The Kier molecular flexibility index (Phi) is 4.90. The molecule has 150 valence electrons. The molecule has 1 N–H and O–H groups in total. The predicted octanol–water partition coefficient (Wildman–Crippen LogP) is 5.93. The van der Waals surface area contributed by atoms with Crippen LogP contribution in [0.1, 0.15) is 23.5 Å². The van der Waals surface area contributed by atoms with E-state index in [0.29, 0.717) is 15.5 Å². The van der Waals surface area contributed by atoms with Crippen LogP contribution < -0.4 is 0 Å². The van der Waals surface area contributed by atoms with Gasteiger partial charge in [0.15, 0.2) is 5.41 Å². The summed E-state index contributed by atoms with van der Waals surface area (Å²) in [7, 11) is 0. The number of fused-ring (bicyclic) bond motifs is 2. The van der Waals surface area contributed by atoms with Crippen molar-refractivity contribution in [2.24, 2.45) is 16.7 Å². The van der Waals surface area contributed by atoms with Crippen molar-refractivity contribution in [3.05, 3.63) is 54.6 Å². The third kappa shape index (κ3) is 2.39. The van der Waals surface area contributed by atoms with Gasteiger partial charge in [0, 0.05) is 15.5 Å². The molecule has 1 aromatic carbocycles. The summed E-state index contributed by atoms with van der Waals surface area (Å²) in [6, 6.07) is 14.3. The number of nitrogens with zero attached hydrogens (tertiary/aromatic N) is 3. The van der Waals surface area contributed by atoms with Crippen LogP contribution in [0, 0.1) is 56.2 Å². The lowest BCUT2D eigenvalue weighted by Gasteiger charge is -2.48. The molecule has 4 unspecified atom stereocenters. The van der Waals surface area contributed by atoms with E-state index in [2.05, 4.69) is 22.0 Å². The molecule has 0 spiro atoms. The van der Waals surface area contributed by atoms with E-state index in [1.54, 1.807) is 31.2 Å². The molecule has 2 aliphatic rings. The van der Waals surface area contributed by atoms with Gasteiger partial charge in [0.2, 0.25) is 17.1 Å². The SMILES string of the molecule is CC1C2(c3ccc(Cl)cc3Cl)OC(=N)C1(C#N)C(C#N)(C#N)C(c1ccc(Br)s1)O2. The van der Waals surface area contributed by atoms with Gasteiger partial charge < -0.3 is 9.47 Å². The first-order valence-corrected chi connectivity index (χ1v) is 11.0. The zero-order valence-corrected chi connectivity index (χ0v) is 19.2. The molecule has 3 heterocycles. The summed E-state index contributed by atoms with van der Waals surface area (Å²) in [6.45, 7) is 1.62. The van der Waals surface area contributed by atoms with Crippen LogP contribution in [0.5, 0.6) is 0 Å². The highest BCUT2D eigenvalue weighted by atomic mass is 79.9. The lowest BCUT2D eigenvalue weighted by atomic mass is 9.54. The van der Waals surface area contributed by atoms with Gasteiger partial charge in [-0.2, -0.15) is 15.8 Å². The number of nitrogens with one attached hydrogen (secondary N) is 1. The fraction of sp³-hybridized carbons (Fsp3) is 0.300. The molecule has 2 aromatic rings. The largest absolute Gasteiger partial charge is 0.443 e. The molecule has 0 saturated carbocycles. The Bertz CT molecular complexity index is 1200. The second kappa shape index (κ2) is 6.95. The van der Waals surface area contributed by atoms with Gasteiger partial charge in [0.05, 0.1) is 32.9 Å². The minimum Gasteiger partial charge on any atom is -0.443 e. The van der Waals surface area contributed by atoms with Gasteiger partial charge in [0.25, 0.3) is 0 Å². The van der Waals surface area contributed by atoms with Crippen molar-refractivity contribution in [1.82, 2.24) is 0 Å². The number of hydrogen-bond acceptors (Lipinski definition) is 7. The lowest BCUT2D eigenvalue weighted by molar-refractivity contribution is -0.287. The maximum absolute atomic E-state index is 10.3. The van der Waals surface area contributed by atoms with Crippen LogP contribution >= 0.6 is 50.5 Å². The average molecular weight is 522 g/mol.